The normalized spacial score (nSPS) is 11.8. The van der Waals surface area contributed by atoms with Crippen molar-refractivity contribution in [3.63, 3.8) is 0 Å². The molecular weight excluding hydrogens is 221 g/mol. The zero-order valence-corrected chi connectivity index (χ0v) is 9.11. The molecule has 1 aromatic rings. The summed E-state index contributed by atoms with van der Waals surface area (Å²) in [6.45, 7) is 0.244. The zero-order valence-electron chi connectivity index (χ0n) is 7.54. The first kappa shape index (κ1) is 11.6. The van der Waals surface area contributed by atoms with E-state index in [1.165, 1.54) is 11.8 Å². The Labute approximate surface area is 92.1 Å². The standard InChI is InChI=1S/C10H11ClFNS/c11-9-3-1-2-4-10(9)14-7-8(5-12)6-13/h1-5H,6-7,13H2. The second kappa shape index (κ2) is 6.06. The molecule has 0 aliphatic rings. The molecule has 0 radical (unpaired) electrons. The quantitative estimate of drug-likeness (QED) is 0.806. The van der Waals surface area contributed by atoms with Gasteiger partial charge in [-0.05, 0) is 17.7 Å². The van der Waals surface area contributed by atoms with Crippen LogP contribution in [0.15, 0.2) is 41.1 Å². The van der Waals surface area contributed by atoms with Gasteiger partial charge in [0.2, 0.25) is 0 Å². The molecule has 0 aromatic heterocycles. The van der Waals surface area contributed by atoms with Crippen LogP contribution in [-0.4, -0.2) is 12.3 Å². The molecule has 76 valence electrons. The monoisotopic (exact) mass is 231 g/mol. The van der Waals surface area contributed by atoms with E-state index in [-0.39, 0.29) is 6.54 Å². The van der Waals surface area contributed by atoms with Gasteiger partial charge in [0.25, 0.3) is 0 Å². The van der Waals surface area contributed by atoms with Gasteiger partial charge in [0.1, 0.15) is 0 Å². The van der Waals surface area contributed by atoms with Crippen LogP contribution < -0.4 is 5.73 Å². The molecule has 1 rings (SSSR count). The fourth-order valence-electron chi connectivity index (χ4n) is 0.867. The van der Waals surface area contributed by atoms with E-state index in [0.29, 0.717) is 22.7 Å². The largest absolute Gasteiger partial charge is 0.327 e. The van der Waals surface area contributed by atoms with Crippen LogP contribution in [0.3, 0.4) is 0 Å². The Morgan fingerprint density at radius 3 is 2.79 bits per heavy atom. The summed E-state index contributed by atoms with van der Waals surface area (Å²) < 4.78 is 12.2. The summed E-state index contributed by atoms with van der Waals surface area (Å²) in [4.78, 5) is 0.946. The van der Waals surface area contributed by atoms with Crippen LogP contribution in [0, 0.1) is 0 Å². The number of hydrogen-bond donors (Lipinski definition) is 1. The molecule has 2 N–H and O–H groups in total. The summed E-state index contributed by atoms with van der Waals surface area (Å²) in [6.07, 6.45) is 0.559. The number of hydrogen-bond acceptors (Lipinski definition) is 2. The van der Waals surface area contributed by atoms with E-state index in [1.54, 1.807) is 0 Å². The Morgan fingerprint density at radius 1 is 1.50 bits per heavy atom. The van der Waals surface area contributed by atoms with Crippen molar-refractivity contribution in [2.45, 2.75) is 4.90 Å². The van der Waals surface area contributed by atoms with Crippen LogP contribution >= 0.6 is 23.4 Å². The molecule has 0 bridgehead atoms. The van der Waals surface area contributed by atoms with Crippen molar-refractivity contribution in [1.82, 2.24) is 0 Å². The molecule has 0 unspecified atom stereocenters. The molecule has 0 aliphatic carbocycles. The third-order valence-electron chi connectivity index (χ3n) is 1.67. The number of thioether (sulfide) groups is 1. The second-order valence-corrected chi connectivity index (χ2v) is 4.11. The van der Waals surface area contributed by atoms with Gasteiger partial charge in [-0.25, -0.2) is 4.39 Å². The molecular formula is C10H11ClFNS. The number of halogens is 2. The van der Waals surface area contributed by atoms with Gasteiger partial charge in [0.05, 0.1) is 11.4 Å². The maximum absolute atomic E-state index is 12.2. The van der Waals surface area contributed by atoms with Crippen molar-refractivity contribution in [2.24, 2.45) is 5.73 Å². The lowest BCUT2D eigenvalue weighted by Crippen LogP contribution is -2.04. The predicted octanol–water partition coefficient (Wildman–Crippen LogP) is 3.24. The Morgan fingerprint density at radius 2 is 2.21 bits per heavy atom. The maximum atomic E-state index is 12.2. The Kier molecular flexibility index (Phi) is 5.01. The highest BCUT2D eigenvalue weighted by molar-refractivity contribution is 7.99. The molecule has 14 heavy (non-hydrogen) atoms. The predicted molar refractivity (Wildman–Crippen MR) is 60.4 cm³/mol. The van der Waals surface area contributed by atoms with Crippen LogP contribution in [-0.2, 0) is 0 Å². The highest BCUT2D eigenvalue weighted by atomic mass is 35.5. The van der Waals surface area contributed by atoms with Gasteiger partial charge in [-0.3, -0.25) is 0 Å². The summed E-state index contributed by atoms with van der Waals surface area (Å²) in [6, 6.07) is 7.47. The first-order valence-corrected chi connectivity index (χ1v) is 5.49. The Balaban J connectivity index is 2.58. The van der Waals surface area contributed by atoms with Gasteiger partial charge in [0, 0.05) is 17.2 Å². The van der Waals surface area contributed by atoms with Crippen molar-refractivity contribution >= 4 is 23.4 Å². The first-order valence-electron chi connectivity index (χ1n) is 4.13. The van der Waals surface area contributed by atoms with E-state index in [9.17, 15) is 4.39 Å². The Bertz CT molecular complexity index is 328. The summed E-state index contributed by atoms with van der Waals surface area (Å²) in [5.74, 6) is 0.538. The fourth-order valence-corrected chi connectivity index (χ4v) is 2.07. The molecule has 1 aromatic carbocycles. The zero-order chi connectivity index (χ0) is 10.4. The van der Waals surface area contributed by atoms with Crippen LogP contribution in [0.1, 0.15) is 0 Å². The number of nitrogens with two attached hydrogens (primary N) is 1. The third-order valence-corrected chi connectivity index (χ3v) is 3.29. The van der Waals surface area contributed by atoms with E-state index < -0.39 is 0 Å². The van der Waals surface area contributed by atoms with Crippen molar-refractivity contribution in [3.8, 4) is 0 Å². The van der Waals surface area contributed by atoms with Gasteiger partial charge >= 0.3 is 0 Å². The molecule has 0 saturated carbocycles. The third kappa shape index (κ3) is 3.33. The van der Waals surface area contributed by atoms with E-state index in [1.807, 2.05) is 24.3 Å². The lowest BCUT2D eigenvalue weighted by Gasteiger charge is -2.04. The van der Waals surface area contributed by atoms with Crippen LogP contribution in [0.5, 0.6) is 0 Å². The molecule has 0 amide bonds. The average molecular weight is 232 g/mol. The molecule has 0 fully saturated rings. The molecule has 1 nitrogen and oxygen atoms in total. The van der Waals surface area contributed by atoms with Gasteiger partial charge in [-0.2, -0.15) is 0 Å². The van der Waals surface area contributed by atoms with Crippen molar-refractivity contribution in [2.75, 3.05) is 12.3 Å². The molecule has 0 aliphatic heterocycles. The molecule has 0 heterocycles. The molecule has 0 spiro atoms. The topological polar surface area (TPSA) is 26.0 Å². The lowest BCUT2D eigenvalue weighted by molar-refractivity contribution is 0.706. The summed E-state index contributed by atoms with van der Waals surface area (Å²) in [5.41, 5.74) is 5.91. The second-order valence-electron chi connectivity index (χ2n) is 2.69. The van der Waals surface area contributed by atoms with Gasteiger partial charge in [-0.15, -0.1) is 11.8 Å². The minimum absolute atomic E-state index is 0.244. The van der Waals surface area contributed by atoms with Crippen LogP contribution in [0.25, 0.3) is 0 Å². The summed E-state index contributed by atoms with van der Waals surface area (Å²) in [7, 11) is 0. The highest BCUT2D eigenvalue weighted by Gasteiger charge is 2.01. The van der Waals surface area contributed by atoms with Gasteiger partial charge in [0.15, 0.2) is 0 Å². The smallest absolute Gasteiger partial charge is 0.0880 e. The number of benzene rings is 1. The van der Waals surface area contributed by atoms with Crippen molar-refractivity contribution in [3.05, 3.63) is 41.2 Å². The van der Waals surface area contributed by atoms with Crippen molar-refractivity contribution in [1.29, 1.82) is 0 Å². The highest BCUT2D eigenvalue weighted by Crippen LogP contribution is 2.27. The summed E-state index contributed by atoms with van der Waals surface area (Å²) in [5, 5.41) is 0.688. The van der Waals surface area contributed by atoms with E-state index in [0.717, 1.165) is 4.90 Å². The van der Waals surface area contributed by atoms with Gasteiger partial charge in [-0.1, -0.05) is 23.7 Å². The summed E-state index contributed by atoms with van der Waals surface area (Å²) >= 11 is 7.41. The molecule has 0 atom stereocenters. The van der Waals surface area contributed by atoms with E-state index in [2.05, 4.69) is 0 Å². The minimum Gasteiger partial charge on any atom is -0.327 e. The van der Waals surface area contributed by atoms with E-state index >= 15 is 0 Å². The Hall–Kier alpha value is -0.510. The minimum atomic E-state index is 0.244. The fraction of sp³-hybridized carbons (Fsp3) is 0.200. The average Bonchev–Trinajstić information content (AvgIpc) is 2.22. The lowest BCUT2D eigenvalue weighted by atomic mass is 10.3. The SMILES string of the molecule is NCC(=CF)CSc1ccccc1Cl. The molecule has 4 heteroatoms. The first-order chi connectivity index (χ1) is 6.77. The molecule has 0 saturated heterocycles. The maximum Gasteiger partial charge on any atom is 0.0880 e. The number of rotatable bonds is 4. The van der Waals surface area contributed by atoms with Crippen LogP contribution in [0.2, 0.25) is 5.02 Å². The van der Waals surface area contributed by atoms with Crippen molar-refractivity contribution < 1.29 is 4.39 Å². The van der Waals surface area contributed by atoms with Gasteiger partial charge < -0.3 is 5.73 Å². The van der Waals surface area contributed by atoms with Crippen LogP contribution in [0.4, 0.5) is 4.39 Å². The van der Waals surface area contributed by atoms with E-state index in [4.69, 9.17) is 17.3 Å².